The Balaban J connectivity index is 2.60. The highest BCUT2D eigenvalue weighted by atomic mass is 35.5. The zero-order chi connectivity index (χ0) is 7.84. The van der Waals surface area contributed by atoms with Crippen molar-refractivity contribution in [1.82, 2.24) is 15.4 Å². The first kappa shape index (κ1) is 7.09. The molecular weight excluding hydrogens is 187 g/mol. The van der Waals surface area contributed by atoms with E-state index < -0.39 is 0 Å². The molecular formula is C5H4Cl2N4. The SMILES string of the molecule is Clc1nc(Cl)c2c(n1)NNC2. The summed E-state index contributed by atoms with van der Waals surface area (Å²) in [6.07, 6.45) is 0. The number of fused-ring (bicyclic) bond motifs is 1. The van der Waals surface area contributed by atoms with E-state index in [9.17, 15) is 0 Å². The highest BCUT2D eigenvalue weighted by Crippen LogP contribution is 2.24. The lowest BCUT2D eigenvalue weighted by atomic mass is 10.3. The Bertz CT molecular complexity index is 301. The van der Waals surface area contributed by atoms with Crippen molar-refractivity contribution >= 4 is 29.0 Å². The van der Waals surface area contributed by atoms with Crippen molar-refractivity contribution in [3.63, 3.8) is 0 Å². The Morgan fingerprint density at radius 1 is 1.27 bits per heavy atom. The van der Waals surface area contributed by atoms with E-state index in [0.717, 1.165) is 5.56 Å². The third-order valence-electron chi connectivity index (χ3n) is 1.40. The lowest BCUT2D eigenvalue weighted by Gasteiger charge is -1.97. The third kappa shape index (κ3) is 1.13. The summed E-state index contributed by atoms with van der Waals surface area (Å²) in [5.41, 5.74) is 6.53. The molecule has 2 N–H and O–H groups in total. The molecule has 6 heteroatoms. The molecule has 0 saturated carbocycles. The second kappa shape index (κ2) is 2.48. The van der Waals surface area contributed by atoms with Gasteiger partial charge < -0.3 is 5.43 Å². The monoisotopic (exact) mass is 190 g/mol. The first-order valence-electron chi connectivity index (χ1n) is 2.98. The molecule has 0 aliphatic carbocycles. The maximum atomic E-state index is 5.76. The number of halogens is 2. The van der Waals surface area contributed by atoms with Gasteiger partial charge in [-0.3, -0.25) is 0 Å². The number of hydrogen-bond donors (Lipinski definition) is 2. The van der Waals surface area contributed by atoms with Gasteiger partial charge in [0.1, 0.15) is 5.15 Å². The van der Waals surface area contributed by atoms with Crippen LogP contribution in [0.3, 0.4) is 0 Å². The lowest BCUT2D eigenvalue weighted by molar-refractivity contribution is 0.857. The normalized spacial score (nSPS) is 14.4. The van der Waals surface area contributed by atoms with Gasteiger partial charge in [0.15, 0.2) is 5.82 Å². The van der Waals surface area contributed by atoms with Gasteiger partial charge in [0.2, 0.25) is 5.28 Å². The molecule has 1 aromatic rings. The van der Waals surface area contributed by atoms with Crippen LogP contribution in [0.5, 0.6) is 0 Å². The summed E-state index contributed by atoms with van der Waals surface area (Å²) in [7, 11) is 0. The standard InChI is InChI=1S/C5H4Cl2N4/c6-3-2-1-8-11-4(2)10-5(7)9-3/h8H,1H2,(H,9,10,11). The second-order valence-electron chi connectivity index (χ2n) is 2.09. The maximum absolute atomic E-state index is 5.76. The van der Waals surface area contributed by atoms with Crippen LogP contribution in [0.1, 0.15) is 5.56 Å². The molecule has 0 atom stereocenters. The minimum Gasteiger partial charge on any atom is -0.305 e. The van der Waals surface area contributed by atoms with Crippen LogP contribution >= 0.6 is 23.2 Å². The number of rotatable bonds is 0. The Labute approximate surface area is 72.9 Å². The van der Waals surface area contributed by atoms with Crippen LogP contribution in [0.15, 0.2) is 0 Å². The van der Waals surface area contributed by atoms with Crippen LogP contribution in [-0.4, -0.2) is 9.97 Å². The highest BCUT2D eigenvalue weighted by molar-refractivity contribution is 6.32. The quantitative estimate of drug-likeness (QED) is 0.478. The van der Waals surface area contributed by atoms with Gasteiger partial charge >= 0.3 is 0 Å². The molecule has 2 rings (SSSR count). The van der Waals surface area contributed by atoms with Gasteiger partial charge in [-0.2, -0.15) is 4.98 Å². The van der Waals surface area contributed by atoms with E-state index in [4.69, 9.17) is 23.2 Å². The van der Waals surface area contributed by atoms with Gasteiger partial charge in [0.25, 0.3) is 0 Å². The average molecular weight is 191 g/mol. The number of anilines is 1. The van der Waals surface area contributed by atoms with Crippen molar-refractivity contribution < 1.29 is 0 Å². The van der Waals surface area contributed by atoms with Crippen molar-refractivity contribution in [2.24, 2.45) is 0 Å². The molecule has 0 aromatic carbocycles. The fourth-order valence-electron chi connectivity index (χ4n) is 0.907. The predicted octanol–water partition coefficient (Wildman–Crippen LogP) is 1.21. The van der Waals surface area contributed by atoms with E-state index in [1.54, 1.807) is 0 Å². The topological polar surface area (TPSA) is 49.8 Å². The number of nitrogens with zero attached hydrogens (tertiary/aromatic N) is 2. The summed E-state index contributed by atoms with van der Waals surface area (Å²) in [4.78, 5) is 7.70. The fourth-order valence-corrected chi connectivity index (χ4v) is 1.36. The smallest absolute Gasteiger partial charge is 0.225 e. The van der Waals surface area contributed by atoms with Crippen LogP contribution in [0.4, 0.5) is 5.82 Å². The van der Waals surface area contributed by atoms with Crippen LogP contribution in [0.25, 0.3) is 0 Å². The fraction of sp³-hybridized carbons (Fsp3) is 0.200. The summed E-state index contributed by atoms with van der Waals surface area (Å²) < 4.78 is 0. The van der Waals surface area contributed by atoms with Crippen molar-refractivity contribution in [1.29, 1.82) is 0 Å². The molecule has 0 spiro atoms. The van der Waals surface area contributed by atoms with Gasteiger partial charge in [-0.1, -0.05) is 11.6 Å². The first-order chi connectivity index (χ1) is 5.27. The van der Waals surface area contributed by atoms with E-state index in [1.807, 2.05) is 0 Å². The molecule has 0 bridgehead atoms. The number of nitrogens with one attached hydrogen (secondary N) is 2. The number of hydrazine groups is 1. The van der Waals surface area contributed by atoms with Crippen LogP contribution in [0.2, 0.25) is 10.4 Å². The minimum absolute atomic E-state index is 0.157. The first-order valence-corrected chi connectivity index (χ1v) is 3.74. The maximum Gasteiger partial charge on any atom is 0.225 e. The third-order valence-corrected chi connectivity index (χ3v) is 1.88. The molecule has 0 saturated heterocycles. The summed E-state index contributed by atoms with van der Waals surface area (Å²) in [6, 6.07) is 0. The van der Waals surface area contributed by atoms with E-state index in [2.05, 4.69) is 20.8 Å². The average Bonchev–Trinajstić information content (AvgIpc) is 2.34. The lowest BCUT2D eigenvalue weighted by Crippen LogP contribution is -2.11. The van der Waals surface area contributed by atoms with Crippen molar-refractivity contribution in [2.45, 2.75) is 6.54 Å². The number of aromatic nitrogens is 2. The van der Waals surface area contributed by atoms with Crippen LogP contribution in [-0.2, 0) is 6.54 Å². The molecule has 0 amide bonds. The van der Waals surface area contributed by atoms with Gasteiger partial charge in [-0.25, -0.2) is 10.4 Å². The van der Waals surface area contributed by atoms with E-state index in [-0.39, 0.29) is 5.28 Å². The molecule has 0 radical (unpaired) electrons. The predicted molar refractivity (Wildman–Crippen MR) is 42.5 cm³/mol. The van der Waals surface area contributed by atoms with Crippen LogP contribution < -0.4 is 10.9 Å². The summed E-state index contributed by atoms with van der Waals surface area (Å²) >= 11 is 11.3. The summed E-state index contributed by atoms with van der Waals surface area (Å²) in [5, 5.41) is 0.558. The molecule has 2 heterocycles. The van der Waals surface area contributed by atoms with Gasteiger partial charge in [-0.05, 0) is 11.6 Å². The molecule has 1 aromatic heterocycles. The Morgan fingerprint density at radius 2 is 2.09 bits per heavy atom. The summed E-state index contributed by atoms with van der Waals surface area (Å²) in [6.45, 7) is 0.630. The molecule has 4 nitrogen and oxygen atoms in total. The van der Waals surface area contributed by atoms with E-state index >= 15 is 0 Å². The Kier molecular flexibility index (Phi) is 1.60. The van der Waals surface area contributed by atoms with E-state index in [1.165, 1.54) is 0 Å². The minimum atomic E-state index is 0.157. The van der Waals surface area contributed by atoms with Crippen molar-refractivity contribution in [3.05, 3.63) is 16.0 Å². The molecule has 0 fully saturated rings. The molecule has 1 aliphatic rings. The van der Waals surface area contributed by atoms with Gasteiger partial charge in [-0.15, -0.1) is 0 Å². The molecule has 58 valence electrons. The largest absolute Gasteiger partial charge is 0.305 e. The van der Waals surface area contributed by atoms with E-state index in [0.29, 0.717) is 17.5 Å². The van der Waals surface area contributed by atoms with Gasteiger partial charge in [0.05, 0.1) is 0 Å². The van der Waals surface area contributed by atoms with Gasteiger partial charge in [0, 0.05) is 12.1 Å². The molecule has 1 aliphatic heterocycles. The molecule has 0 unspecified atom stereocenters. The second-order valence-corrected chi connectivity index (χ2v) is 2.79. The van der Waals surface area contributed by atoms with Crippen molar-refractivity contribution in [3.8, 4) is 0 Å². The zero-order valence-electron chi connectivity index (χ0n) is 5.36. The Hall–Kier alpha value is -0.580. The van der Waals surface area contributed by atoms with Crippen molar-refractivity contribution in [2.75, 3.05) is 5.43 Å². The zero-order valence-corrected chi connectivity index (χ0v) is 6.87. The highest BCUT2D eigenvalue weighted by Gasteiger charge is 2.16. The summed E-state index contributed by atoms with van der Waals surface area (Å²) in [5.74, 6) is 0.662. The Morgan fingerprint density at radius 3 is 2.91 bits per heavy atom. The van der Waals surface area contributed by atoms with Crippen LogP contribution in [0, 0.1) is 0 Å². The molecule has 11 heavy (non-hydrogen) atoms. The number of hydrogen-bond acceptors (Lipinski definition) is 4.